The molecule has 1 N–H and O–H groups in total. The molecule has 0 bridgehead atoms. The van der Waals surface area contributed by atoms with E-state index in [4.69, 9.17) is 12.9 Å². The molecule has 0 radical (unpaired) electrons. The maximum atomic E-state index is 13.5. The van der Waals surface area contributed by atoms with Crippen LogP contribution in [0.2, 0.25) is 78.6 Å². The number of carbonyl (C=O) groups is 1. The van der Waals surface area contributed by atoms with Gasteiger partial charge >= 0.3 is 13.6 Å². The molecule has 11 heteroatoms. The second-order valence-corrected chi connectivity index (χ2v) is 31.8. The highest BCUT2D eigenvalue weighted by Crippen LogP contribution is 2.53. The zero-order valence-electron chi connectivity index (χ0n) is 19.5. The topological polar surface area (TPSA) is 73.9 Å². The van der Waals surface area contributed by atoms with Gasteiger partial charge in [0.05, 0.1) is 12.2 Å². The molecule has 27 heavy (non-hydrogen) atoms. The minimum absolute atomic E-state index is 0.227. The summed E-state index contributed by atoms with van der Waals surface area (Å²) in [6, 6.07) is -0.479. The van der Waals surface area contributed by atoms with Crippen LogP contribution < -0.4 is 4.98 Å². The standard InChI is InChI=1S/C16H42NO5PSi4/c1-24(2,3)17-15(16(18)20-25(4,5)6)13-14-23(19,21-26(7,8)9)22-27(10,11)12/h15,17H,13-14H2,1-12H3. The molecule has 0 aliphatic heterocycles. The zero-order chi connectivity index (χ0) is 21.9. The van der Waals surface area contributed by atoms with Crippen molar-refractivity contribution in [3.8, 4) is 0 Å². The summed E-state index contributed by atoms with van der Waals surface area (Å²) in [5.41, 5.74) is 0. The first-order valence-electron chi connectivity index (χ1n) is 9.62. The van der Waals surface area contributed by atoms with E-state index in [0.29, 0.717) is 6.42 Å². The molecular weight excluding hydrogens is 429 g/mol. The summed E-state index contributed by atoms with van der Waals surface area (Å²) >= 11 is 0. The lowest BCUT2D eigenvalue weighted by Crippen LogP contribution is -2.53. The SMILES string of the molecule is C[Si](C)(C)NC(CCP(=O)(O[Si](C)(C)C)O[Si](C)(C)C)C(=O)O[Si](C)(C)C. The summed E-state index contributed by atoms with van der Waals surface area (Å²) in [6.07, 6.45) is 0.615. The summed E-state index contributed by atoms with van der Waals surface area (Å²) < 4.78 is 31.2. The van der Waals surface area contributed by atoms with E-state index in [9.17, 15) is 9.36 Å². The summed E-state index contributed by atoms with van der Waals surface area (Å²) in [6.45, 7) is 24.4. The van der Waals surface area contributed by atoms with Crippen LogP contribution in [0.5, 0.6) is 0 Å². The van der Waals surface area contributed by atoms with Crippen molar-refractivity contribution in [3.63, 3.8) is 0 Å². The Balaban J connectivity index is 5.46. The fourth-order valence-electron chi connectivity index (χ4n) is 2.38. The van der Waals surface area contributed by atoms with Gasteiger partial charge in [0.2, 0.25) is 8.32 Å². The highest BCUT2D eigenvalue weighted by Gasteiger charge is 2.38. The molecule has 0 saturated heterocycles. The fourth-order valence-corrected chi connectivity index (χ4v) is 12.9. The minimum atomic E-state index is -3.27. The van der Waals surface area contributed by atoms with E-state index >= 15 is 0 Å². The molecule has 0 rings (SSSR count). The zero-order valence-corrected chi connectivity index (χ0v) is 24.4. The normalized spacial score (nSPS) is 15.6. The third-order valence-electron chi connectivity index (χ3n) is 2.82. The highest BCUT2D eigenvalue weighted by atomic mass is 31.2. The summed E-state index contributed by atoms with van der Waals surface area (Å²) in [5.74, 6) is -0.246. The number of hydrogen-bond acceptors (Lipinski definition) is 6. The molecule has 0 amide bonds. The van der Waals surface area contributed by atoms with E-state index in [1.54, 1.807) is 0 Å². The molecule has 1 unspecified atom stereocenters. The largest absolute Gasteiger partial charge is 0.519 e. The first-order valence-corrected chi connectivity index (χ1v) is 25.1. The van der Waals surface area contributed by atoms with E-state index in [0.717, 1.165) is 0 Å². The molecule has 0 saturated carbocycles. The smallest absolute Gasteiger partial charge is 0.311 e. The van der Waals surface area contributed by atoms with Crippen molar-refractivity contribution in [2.24, 2.45) is 0 Å². The lowest BCUT2D eigenvalue weighted by Gasteiger charge is -2.33. The quantitative estimate of drug-likeness (QED) is 0.319. The Morgan fingerprint density at radius 1 is 0.815 bits per heavy atom. The third-order valence-corrected chi connectivity index (χ3v) is 12.3. The van der Waals surface area contributed by atoms with Gasteiger partial charge in [0, 0.05) is 0 Å². The van der Waals surface area contributed by atoms with Crippen molar-refractivity contribution in [1.82, 2.24) is 4.98 Å². The van der Waals surface area contributed by atoms with Crippen LogP contribution in [-0.2, 0) is 22.2 Å². The molecule has 0 aromatic carbocycles. The number of nitrogens with one attached hydrogen (secondary N) is 1. The van der Waals surface area contributed by atoms with Gasteiger partial charge in [-0.1, -0.05) is 19.6 Å². The average molecular weight is 472 g/mol. The van der Waals surface area contributed by atoms with E-state index in [-0.39, 0.29) is 12.1 Å². The highest BCUT2D eigenvalue weighted by molar-refractivity contribution is 7.57. The van der Waals surface area contributed by atoms with Crippen LogP contribution in [0.1, 0.15) is 6.42 Å². The van der Waals surface area contributed by atoms with Gasteiger partial charge < -0.3 is 17.8 Å². The average Bonchev–Trinajstić information content (AvgIpc) is 2.25. The van der Waals surface area contributed by atoms with Crippen molar-refractivity contribution in [3.05, 3.63) is 0 Å². The molecule has 162 valence electrons. The Hall–Kier alpha value is 0.448. The summed E-state index contributed by atoms with van der Waals surface area (Å²) in [4.78, 5) is 16.2. The number of hydrogen-bond donors (Lipinski definition) is 1. The van der Waals surface area contributed by atoms with Gasteiger partial charge in [-0.05, 0) is 65.3 Å². The van der Waals surface area contributed by atoms with Crippen LogP contribution >= 0.6 is 7.60 Å². The molecule has 0 heterocycles. The van der Waals surface area contributed by atoms with Gasteiger partial charge in [0.25, 0.3) is 0 Å². The Morgan fingerprint density at radius 2 is 1.22 bits per heavy atom. The van der Waals surface area contributed by atoms with Crippen LogP contribution in [0.4, 0.5) is 0 Å². The number of rotatable bonds is 11. The lowest BCUT2D eigenvalue weighted by atomic mass is 10.2. The minimum Gasteiger partial charge on any atom is -0.519 e. The molecule has 0 aromatic heterocycles. The Labute approximate surface area is 171 Å². The van der Waals surface area contributed by atoms with Gasteiger partial charge in [0.15, 0.2) is 16.6 Å². The van der Waals surface area contributed by atoms with Crippen molar-refractivity contribution < 1.29 is 22.2 Å². The van der Waals surface area contributed by atoms with Crippen molar-refractivity contribution in [2.45, 2.75) is 91.0 Å². The molecule has 0 aliphatic carbocycles. The molecule has 0 aromatic rings. The molecule has 6 nitrogen and oxygen atoms in total. The maximum absolute atomic E-state index is 13.5. The second-order valence-electron chi connectivity index (χ2n) is 11.0. The van der Waals surface area contributed by atoms with Crippen LogP contribution in [0.3, 0.4) is 0 Å². The Morgan fingerprint density at radius 3 is 1.52 bits per heavy atom. The van der Waals surface area contributed by atoms with E-state index in [2.05, 4.69) is 24.6 Å². The first-order chi connectivity index (χ1) is 11.6. The summed E-state index contributed by atoms with van der Waals surface area (Å²) in [5, 5.41) is 0. The van der Waals surface area contributed by atoms with E-state index in [1.807, 2.05) is 58.9 Å². The molecule has 0 fully saturated rings. The van der Waals surface area contributed by atoms with Crippen LogP contribution in [0, 0.1) is 0 Å². The van der Waals surface area contributed by atoms with Crippen LogP contribution in [0.15, 0.2) is 0 Å². The van der Waals surface area contributed by atoms with Gasteiger partial charge in [0.1, 0.15) is 8.24 Å². The number of carbonyl (C=O) groups excluding carboxylic acids is 1. The van der Waals surface area contributed by atoms with Crippen LogP contribution in [0.25, 0.3) is 0 Å². The first kappa shape index (κ1) is 27.4. The van der Waals surface area contributed by atoms with Gasteiger partial charge in [-0.2, -0.15) is 0 Å². The van der Waals surface area contributed by atoms with Gasteiger partial charge in [-0.25, -0.2) is 0 Å². The predicted molar refractivity (Wildman–Crippen MR) is 126 cm³/mol. The fraction of sp³-hybridized carbons (Fsp3) is 0.938. The Bertz CT molecular complexity index is 527. The maximum Gasteiger partial charge on any atom is 0.311 e. The van der Waals surface area contributed by atoms with Crippen LogP contribution in [-0.4, -0.2) is 51.4 Å². The molecular formula is C16H42NO5PSi4. The monoisotopic (exact) mass is 471 g/mol. The van der Waals surface area contributed by atoms with E-state index < -0.39 is 46.8 Å². The van der Waals surface area contributed by atoms with Gasteiger partial charge in [-0.15, -0.1) is 0 Å². The molecule has 0 aliphatic rings. The van der Waals surface area contributed by atoms with Crippen molar-refractivity contribution in [1.29, 1.82) is 0 Å². The van der Waals surface area contributed by atoms with Crippen molar-refractivity contribution >= 4 is 46.8 Å². The lowest BCUT2D eigenvalue weighted by molar-refractivity contribution is -0.137. The second kappa shape index (κ2) is 9.51. The van der Waals surface area contributed by atoms with Gasteiger partial charge in [-0.3, -0.25) is 9.36 Å². The summed E-state index contributed by atoms with van der Waals surface area (Å²) in [7, 11) is -11.1. The van der Waals surface area contributed by atoms with E-state index in [1.165, 1.54) is 0 Å². The predicted octanol–water partition coefficient (Wildman–Crippen LogP) is 5.44. The molecule has 1 atom stereocenters. The third kappa shape index (κ3) is 15.0. The molecule has 0 spiro atoms. The Kier molecular flexibility index (Phi) is 9.66. The van der Waals surface area contributed by atoms with Crippen molar-refractivity contribution in [2.75, 3.05) is 6.16 Å².